The first-order valence-electron chi connectivity index (χ1n) is 4.83. The van der Waals surface area contributed by atoms with E-state index >= 15 is 0 Å². The van der Waals surface area contributed by atoms with Crippen molar-refractivity contribution in [1.82, 2.24) is 0 Å². The molecule has 3 N–H and O–H groups in total. The monoisotopic (exact) mass is 206 g/mol. The van der Waals surface area contributed by atoms with Gasteiger partial charge in [0.1, 0.15) is 23.7 Å². The molecule has 1 aromatic carbocycles. The average molecular weight is 206 g/mol. The van der Waals surface area contributed by atoms with Gasteiger partial charge >= 0.3 is 0 Å². The molecule has 1 heterocycles. The number of carbonyl (C=O) groups is 1. The molecule has 15 heavy (non-hydrogen) atoms. The number of benzene rings is 1. The van der Waals surface area contributed by atoms with Gasteiger partial charge in [-0.15, -0.1) is 0 Å². The third kappa shape index (κ3) is 1.63. The molecule has 80 valence electrons. The maximum atomic E-state index is 10.9. The summed E-state index contributed by atoms with van der Waals surface area (Å²) in [6.45, 7) is 3.73. The Morgan fingerprint density at radius 3 is 2.93 bits per heavy atom. The van der Waals surface area contributed by atoms with E-state index in [2.05, 4.69) is 5.32 Å². The molecule has 0 saturated heterocycles. The van der Waals surface area contributed by atoms with E-state index in [0.29, 0.717) is 11.4 Å². The van der Waals surface area contributed by atoms with Crippen molar-refractivity contribution < 1.29 is 9.53 Å². The molecule has 0 fully saturated rings. The molecule has 0 spiro atoms. The fourth-order valence-corrected chi connectivity index (χ4v) is 1.63. The first-order valence-corrected chi connectivity index (χ1v) is 4.83. The van der Waals surface area contributed by atoms with Crippen LogP contribution in [0.15, 0.2) is 18.2 Å². The van der Waals surface area contributed by atoms with Crippen LogP contribution in [0.4, 0.5) is 11.4 Å². The molecule has 0 saturated carbocycles. The number of rotatable bonds is 1. The zero-order valence-corrected chi connectivity index (χ0v) is 8.78. The maximum absolute atomic E-state index is 10.9. The third-order valence-electron chi connectivity index (χ3n) is 2.57. The van der Waals surface area contributed by atoms with Crippen molar-refractivity contribution in [3.63, 3.8) is 0 Å². The van der Waals surface area contributed by atoms with Gasteiger partial charge in [-0.1, -0.05) is 0 Å². The van der Waals surface area contributed by atoms with Crippen LogP contribution in [0.1, 0.15) is 13.8 Å². The second-order valence-electron chi connectivity index (χ2n) is 4.22. The lowest BCUT2D eigenvalue weighted by molar-refractivity contribution is -0.112. The number of ether oxygens (including phenoxy) is 1. The minimum Gasteiger partial charge on any atom is -0.483 e. The standard InChI is InChI=1S/C11H14N2O2/c1-11(2)10(6-14)13-8-4-3-7(12)5-9(8)15-11/h3-6,10,13H,12H2,1-2H3. The highest BCUT2D eigenvalue weighted by atomic mass is 16.5. The fourth-order valence-electron chi connectivity index (χ4n) is 1.63. The highest BCUT2D eigenvalue weighted by Gasteiger charge is 2.36. The van der Waals surface area contributed by atoms with Crippen LogP contribution in [-0.4, -0.2) is 17.9 Å². The van der Waals surface area contributed by atoms with Crippen molar-refractivity contribution in [1.29, 1.82) is 0 Å². The molecule has 4 nitrogen and oxygen atoms in total. The Balaban J connectivity index is 2.42. The van der Waals surface area contributed by atoms with Crippen LogP contribution < -0.4 is 15.8 Å². The number of aldehydes is 1. The molecule has 0 aliphatic carbocycles. The normalized spacial score (nSPS) is 22.1. The van der Waals surface area contributed by atoms with Gasteiger partial charge in [0.25, 0.3) is 0 Å². The summed E-state index contributed by atoms with van der Waals surface area (Å²) in [4.78, 5) is 10.9. The van der Waals surface area contributed by atoms with Gasteiger partial charge in [-0.3, -0.25) is 0 Å². The summed E-state index contributed by atoms with van der Waals surface area (Å²) in [7, 11) is 0. The smallest absolute Gasteiger partial charge is 0.146 e. The lowest BCUT2D eigenvalue weighted by atomic mass is 9.97. The fraction of sp³-hybridized carbons (Fsp3) is 0.364. The topological polar surface area (TPSA) is 64.3 Å². The lowest BCUT2D eigenvalue weighted by Gasteiger charge is -2.38. The molecule has 1 unspecified atom stereocenters. The number of nitrogen functional groups attached to an aromatic ring is 1. The zero-order chi connectivity index (χ0) is 11.1. The number of hydrogen-bond acceptors (Lipinski definition) is 4. The SMILES string of the molecule is CC1(C)Oc2cc(N)ccc2NC1C=O. The molecular weight excluding hydrogens is 192 g/mol. The molecule has 1 aromatic rings. The van der Waals surface area contributed by atoms with Crippen molar-refractivity contribution >= 4 is 17.7 Å². The van der Waals surface area contributed by atoms with E-state index in [1.165, 1.54) is 0 Å². The molecule has 0 radical (unpaired) electrons. The van der Waals surface area contributed by atoms with Gasteiger partial charge in [-0.05, 0) is 26.0 Å². The number of fused-ring (bicyclic) bond motifs is 1. The summed E-state index contributed by atoms with van der Waals surface area (Å²) in [6.07, 6.45) is 0.860. The Morgan fingerprint density at radius 2 is 2.27 bits per heavy atom. The van der Waals surface area contributed by atoms with Gasteiger partial charge in [-0.25, -0.2) is 0 Å². The maximum Gasteiger partial charge on any atom is 0.146 e. The van der Waals surface area contributed by atoms with Crippen LogP contribution in [0.2, 0.25) is 0 Å². The quantitative estimate of drug-likeness (QED) is 0.538. The van der Waals surface area contributed by atoms with Crippen LogP contribution >= 0.6 is 0 Å². The largest absolute Gasteiger partial charge is 0.483 e. The summed E-state index contributed by atoms with van der Waals surface area (Å²) in [5.74, 6) is 0.693. The van der Waals surface area contributed by atoms with Crippen molar-refractivity contribution in [3.05, 3.63) is 18.2 Å². The number of nitrogens with two attached hydrogens (primary N) is 1. The van der Waals surface area contributed by atoms with Crippen molar-refractivity contribution in [2.45, 2.75) is 25.5 Å². The first-order chi connectivity index (χ1) is 7.03. The van der Waals surface area contributed by atoms with Gasteiger partial charge in [0.05, 0.1) is 5.69 Å². The Morgan fingerprint density at radius 1 is 1.53 bits per heavy atom. The van der Waals surface area contributed by atoms with E-state index in [4.69, 9.17) is 10.5 Å². The average Bonchev–Trinajstić information content (AvgIpc) is 2.15. The summed E-state index contributed by atoms with van der Waals surface area (Å²) in [5.41, 5.74) is 6.56. The lowest BCUT2D eigenvalue weighted by Crippen LogP contribution is -2.50. The Kier molecular flexibility index (Phi) is 2.07. The van der Waals surface area contributed by atoms with Crippen molar-refractivity contribution in [2.24, 2.45) is 0 Å². The van der Waals surface area contributed by atoms with Gasteiger partial charge in [0, 0.05) is 11.8 Å². The number of carbonyl (C=O) groups excluding carboxylic acids is 1. The Labute approximate surface area is 88.4 Å². The number of nitrogens with one attached hydrogen (secondary N) is 1. The second-order valence-corrected chi connectivity index (χ2v) is 4.22. The van der Waals surface area contributed by atoms with Crippen LogP contribution in [0, 0.1) is 0 Å². The summed E-state index contributed by atoms with van der Waals surface area (Å²) < 4.78 is 5.73. The Bertz CT molecular complexity index is 402. The molecule has 2 rings (SSSR count). The minimum atomic E-state index is -0.553. The van der Waals surface area contributed by atoms with Gasteiger partial charge in [0.15, 0.2) is 0 Å². The third-order valence-corrected chi connectivity index (χ3v) is 2.57. The molecule has 1 aliphatic heterocycles. The molecule has 4 heteroatoms. The second kappa shape index (κ2) is 3.15. The van der Waals surface area contributed by atoms with Gasteiger partial charge < -0.3 is 20.6 Å². The van der Waals surface area contributed by atoms with Crippen LogP contribution in [-0.2, 0) is 4.79 Å². The van der Waals surface area contributed by atoms with Gasteiger partial charge in [-0.2, -0.15) is 0 Å². The molecule has 0 bridgehead atoms. The molecule has 0 aromatic heterocycles. The summed E-state index contributed by atoms with van der Waals surface area (Å²) in [6, 6.07) is 5.00. The van der Waals surface area contributed by atoms with E-state index in [-0.39, 0.29) is 6.04 Å². The van der Waals surface area contributed by atoms with E-state index in [9.17, 15) is 4.79 Å². The van der Waals surface area contributed by atoms with Gasteiger partial charge in [0.2, 0.25) is 0 Å². The molecule has 1 atom stereocenters. The zero-order valence-electron chi connectivity index (χ0n) is 8.78. The highest BCUT2D eigenvalue weighted by molar-refractivity contribution is 5.73. The minimum absolute atomic E-state index is 0.339. The summed E-state index contributed by atoms with van der Waals surface area (Å²) in [5, 5.41) is 3.12. The Hall–Kier alpha value is -1.71. The molecule has 1 aliphatic rings. The first kappa shape index (κ1) is 9.83. The van der Waals surface area contributed by atoms with Crippen molar-refractivity contribution in [3.8, 4) is 5.75 Å². The molecular formula is C11H14N2O2. The summed E-state index contributed by atoms with van der Waals surface area (Å²) >= 11 is 0. The van der Waals surface area contributed by atoms with E-state index < -0.39 is 5.60 Å². The number of hydrogen-bond donors (Lipinski definition) is 2. The number of anilines is 2. The van der Waals surface area contributed by atoms with E-state index in [0.717, 1.165) is 12.0 Å². The van der Waals surface area contributed by atoms with Crippen molar-refractivity contribution in [2.75, 3.05) is 11.1 Å². The van der Waals surface area contributed by atoms with Crippen LogP contribution in [0.3, 0.4) is 0 Å². The predicted molar refractivity (Wildman–Crippen MR) is 59.0 cm³/mol. The highest BCUT2D eigenvalue weighted by Crippen LogP contribution is 2.36. The van der Waals surface area contributed by atoms with Crippen LogP contribution in [0.25, 0.3) is 0 Å². The van der Waals surface area contributed by atoms with Crippen LogP contribution in [0.5, 0.6) is 5.75 Å². The predicted octanol–water partition coefficient (Wildman–Crippen LogP) is 1.42. The molecule has 0 amide bonds. The van der Waals surface area contributed by atoms with E-state index in [1.54, 1.807) is 12.1 Å². The van der Waals surface area contributed by atoms with E-state index in [1.807, 2.05) is 19.9 Å².